The van der Waals surface area contributed by atoms with Crippen LogP contribution in [0.15, 0.2) is 23.4 Å². The largest absolute Gasteiger partial charge is 0.387 e. The molecule has 1 aromatic rings. The molecule has 8 heteroatoms. The molecule has 1 spiro atoms. The molecule has 0 bridgehead atoms. The van der Waals surface area contributed by atoms with Crippen LogP contribution in [0.3, 0.4) is 0 Å². The van der Waals surface area contributed by atoms with Gasteiger partial charge in [0.1, 0.15) is 5.71 Å². The third-order valence-electron chi connectivity index (χ3n) is 5.65. The predicted octanol–water partition coefficient (Wildman–Crippen LogP) is 0.559. The van der Waals surface area contributed by atoms with E-state index in [0.717, 1.165) is 70.3 Å². The van der Waals surface area contributed by atoms with Crippen molar-refractivity contribution in [2.75, 3.05) is 52.5 Å². The Kier molecular flexibility index (Phi) is 5.89. The third-order valence-corrected chi connectivity index (χ3v) is 5.65. The van der Waals surface area contributed by atoms with Crippen molar-refractivity contribution in [3.8, 4) is 0 Å². The zero-order chi connectivity index (χ0) is 19.4. The van der Waals surface area contributed by atoms with Crippen LogP contribution in [0.25, 0.3) is 0 Å². The van der Waals surface area contributed by atoms with E-state index < -0.39 is 0 Å². The highest BCUT2D eigenvalue weighted by Gasteiger charge is 2.46. The van der Waals surface area contributed by atoms with E-state index in [9.17, 15) is 4.79 Å². The average molecular weight is 387 g/mol. The molecule has 0 radical (unpaired) electrons. The lowest BCUT2D eigenvalue weighted by Crippen LogP contribution is -2.43. The summed E-state index contributed by atoms with van der Waals surface area (Å²) >= 11 is 0. The fourth-order valence-electron chi connectivity index (χ4n) is 4.10. The Labute approximate surface area is 165 Å². The molecule has 8 nitrogen and oxygen atoms in total. The number of ether oxygens (including phenoxy) is 1. The molecule has 1 amide bonds. The first-order chi connectivity index (χ1) is 13.6. The number of carbonyl (C=O) groups is 1. The SMILES string of the molecule is Cc1cccc(CN2CC[C@]3(CC(C(=O)NCCN4CCOCC4)=NO3)C2)n1. The van der Waals surface area contributed by atoms with Crippen LogP contribution in [0, 0.1) is 6.92 Å². The highest BCUT2D eigenvalue weighted by Crippen LogP contribution is 2.34. The monoisotopic (exact) mass is 387 g/mol. The first kappa shape index (κ1) is 19.3. The summed E-state index contributed by atoms with van der Waals surface area (Å²) in [5, 5.41) is 7.10. The second-order valence-electron chi connectivity index (χ2n) is 7.93. The van der Waals surface area contributed by atoms with Crippen molar-refractivity contribution in [1.82, 2.24) is 20.1 Å². The van der Waals surface area contributed by atoms with Crippen LogP contribution < -0.4 is 5.32 Å². The lowest BCUT2D eigenvalue weighted by molar-refractivity contribution is -0.115. The number of amides is 1. The first-order valence-electron chi connectivity index (χ1n) is 10.1. The number of nitrogens with zero attached hydrogens (tertiary/aromatic N) is 4. The first-order valence-corrected chi connectivity index (χ1v) is 10.1. The standard InChI is InChI=1S/C20H29N5O3/c1-16-3-2-4-17(22-16)14-25-7-5-20(15-25)13-18(23-28-20)19(26)21-6-8-24-9-11-27-12-10-24/h2-4H,5-15H2,1H3,(H,21,26)/t20-/m0/s1. The van der Waals surface area contributed by atoms with Gasteiger partial charge in [-0.2, -0.15) is 0 Å². The van der Waals surface area contributed by atoms with Gasteiger partial charge >= 0.3 is 0 Å². The third kappa shape index (κ3) is 4.68. The molecule has 4 heterocycles. The van der Waals surface area contributed by atoms with E-state index in [-0.39, 0.29) is 11.5 Å². The van der Waals surface area contributed by atoms with Crippen molar-refractivity contribution >= 4 is 11.6 Å². The molecule has 0 aromatic carbocycles. The molecule has 1 N–H and O–H groups in total. The molecule has 2 fully saturated rings. The van der Waals surface area contributed by atoms with E-state index in [2.05, 4.69) is 31.3 Å². The van der Waals surface area contributed by atoms with Gasteiger partial charge in [-0.1, -0.05) is 11.2 Å². The summed E-state index contributed by atoms with van der Waals surface area (Å²) in [7, 11) is 0. The highest BCUT2D eigenvalue weighted by molar-refractivity contribution is 6.39. The fraction of sp³-hybridized carbons (Fsp3) is 0.650. The van der Waals surface area contributed by atoms with E-state index >= 15 is 0 Å². The second kappa shape index (κ2) is 8.55. The smallest absolute Gasteiger partial charge is 0.269 e. The van der Waals surface area contributed by atoms with Crippen LogP contribution in [0.1, 0.15) is 24.2 Å². The Balaban J connectivity index is 1.22. The molecule has 1 atom stereocenters. The molecule has 1 aromatic heterocycles. The molecular weight excluding hydrogens is 358 g/mol. The van der Waals surface area contributed by atoms with Crippen molar-refractivity contribution in [3.05, 3.63) is 29.6 Å². The number of nitrogens with one attached hydrogen (secondary N) is 1. The van der Waals surface area contributed by atoms with Crippen LogP contribution in [0.2, 0.25) is 0 Å². The van der Waals surface area contributed by atoms with Gasteiger partial charge in [-0.15, -0.1) is 0 Å². The van der Waals surface area contributed by atoms with Gasteiger partial charge < -0.3 is 14.9 Å². The molecule has 2 saturated heterocycles. The van der Waals surface area contributed by atoms with Gasteiger partial charge in [-0.3, -0.25) is 19.6 Å². The van der Waals surface area contributed by atoms with Gasteiger partial charge in [0.05, 0.1) is 18.9 Å². The van der Waals surface area contributed by atoms with Crippen molar-refractivity contribution in [2.45, 2.75) is 31.9 Å². The number of hydrogen-bond acceptors (Lipinski definition) is 7. The summed E-state index contributed by atoms with van der Waals surface area (Å²) < 4.78 is 5.34. The maximum atomic E-state index is 12.4. The Bertz CT molecular complexity index is 734. The number of rotatable bonds is 6. The van der Waals surface area contributed by atoms with E-state index in [4.69, 9.17) is 9.57 Å². The molecular formula is C20H29N5O3. The number of hydrogen-bond donors (Lipinski definition) is 1. The Morgan fingerprint density at radius 3 is 2.93 bits per heavy atom. The number of likely N-dealkylation sites (tertiary alicyclic amines) is 1. The van der Waals surface area contributed by atoms with Crippen LogP contribution in [-0.2, 0) is 20.9 Å². The molecule has 3 aliphatic heterocycles. The lowest BCUT2D eigenvalue weighted by atomic mass is 9.96. The van der Waals surface area contributed by atoms with Crippen molar-refractivity contribution in [3.63, 3.8) is 0 Å². The van der Waals surface area contributed by atoms with E-state index in [1.165, 1.54) is 0 Å². The van der Waals surface area contributed by atoms with Crippen LogP contribution >= 0.6 is 0 Å². The van der Waals surface area contributed by atoms with Crippen LogP contribution in [0.5, 0.6) is 0 Å². The van der Waals surface area contributed by atoms with Crippen molar-refractivity contribution in [2.24, 2.45) is 5.16 Å². The van der Waals surface area contributed by atoms with Crippen LogP contribution in [0.4, 0.5) is 0 Å². The van der Waals surface area contributed by atoms with Gasteiger partial charge in [0.25, 0.3) is 5.91 Å². The summed E-state index contributed by atoms with van der Waals surface area (Å²) in [6.07, 6.45) is 1.46. The van der Waals surface area contributed by atoms with E-state index in [1.807, 2.05) is 19.1 Å². The van der Waals surface area contributed by atoms with Gasteiger partial charge in [0.15, 0.2) is 5.60 Å². The van der Waals surface area contributed by atoms with Gasteiger partial charge in [-0.05, 0) is 19.1 Å². The second-order valence-corrected chi connectivity index (χ2v) is 7.93. The van der Waals surface area contributed by atoms with Crippen molar-refractivity contribution in [1.29, 1.82) is 0 Å². The summed E-state index contributed by atoms with van der Waals surface area (Å²) in [5.74, 6) is -0.107. The minimum atomic E-state index is -0.360. The van der Waals surface area contributed by atoms with Gasteiger partial charge in [0.2, 0.25) is 0 Å². The van der Waals surface area contributed by atoms with E-state index in [0.29, 0.717) is 18.7 Å². The maximum Gasteiger partial charge on any atom is 0.269 e. The predicted molar refractivity (Wildman–Crippen MR) is 105 cm³/mol. The average Bonchev–Trinajstić information content (AvgIpc) is 3.29. The molecule has 4 rings (SSSR count). The number of aromatic nitrogens is 1. The fourth-order valence-corrected chi connectivity index (χ4v) is 4.10. The normalized spacial score (nSPS) is 25.7. The molecule has 0 aliphatic carbocycles. The highest BCUT2D eigenvalue weighted by atomic mass is 16.7. The van der Waals surface area contributed by atoms with Crippen molar-refractivity contribution < 1.29 is 14.4 Å². The van der Waals surface area contributed by atoms with E-state index in [1.54, 1.807) is 0 Å². The Morgan fingerprint density at radius 2 is 2.11 bits per heavy atom. The Hall–Kier alpha value is -2.03. The zero-order valence-electron chi connectivity index (χ0n) is 16.5. The van der Waals surface area contributed by atoms with Gasteiger partial charge in [0, 0.05) is 64.3 Å². The lowest BCUT2D eigenvalue weighted by Gasteiger charge is -2.26. The molecule has 28 heavy (non-hydrogen) atoms. The van der Waals surface area contributed by atoms with Gasteiger partial charge in [-0.25, -0.2) is 0 Å². The topological polar surface area (TPSA) is 79.3 Å². The summed E-state index contributed by atoms with van der Waals surface area (Å²) in [6, 6.07) is 6.10. The molecule has 3 aliphatic rings. The number of oxime groups is 1. The number of aryl methyl sites for hydroxylation is 1. The molecule has 0 saturated carbocycles. The minimum Gasteiger partial charge on any atom is -0.387 e. The summed E-state index contributed by atoms with van der Waals surface area (Å²) in [5.41, 5.74) is 2.25. The molecule has 0 unspecified atom stereocenters. The summed E-state index contributed by atoms with van der Waals surface area (Å²) in [6.45, 7) is 9.36. The quantitative estimate of drug-likeness (QED) is 0.768. The number of morpholine rings is 1. The number of pyridine rings is 1. The minimum absolute atomic E-state index is 0.107. The maximum absolute atomic E-state index is 12.4. The zero-order valence-corrected chi connectivity index (χ0v) is 16.5. The molecule has 152 valence electrons. The van der Waals surface area contributed by atoms with Crippen LogP contribution in [-0.4, -0.2) is 84.5 Å². The number of carbonyl (C=O) groups excluding carboxylic acids is 1. The Morgan fingerprint density at radius 1 is 1.25 bits per heavy atom. The summed E-state index contributed by atoms with van der Waals surface area (Å²) in [4.78, 5) is 27.4.